The van der Waals surface area contributed by atoms with Gasteiger partial charge < -0.3 is 15.1 Å². The minimum absolute atomic E-state index is 0.152. The molecule has 5 heteroatoms. The summed E-state index contributed by atoms with van der Waals surface area (Å²) >= 11 is 0. The predicted octanol–water partition coefficient (Wildman–Crippen LogP) is -0.946. The Morgan fingerprint density at radius 2 is 2.00 bits per heavy atom. The first-order chi connectivity index (χ1) is 8.18. The summed E-state index contributed by atoms with van der Waals surface area (Å²) in [6, 6.07) is 0.152. The van der Waals surface area contributed by atoms with Crippen LogP contribution >= 0.6 is 0 Å². The van der Waals surface area contributed by atoms with Crippen LogP contribution in [0.15, 0.2) is 0 Å². The van der Waals surface area contributed by atoms with Crippen LogP contribution in [0.5, 0.6) is 0 Å². The second-order valence-electron chi connectivity index (χ2n) is 5.22. The zero-order chi connectivity index (χ0) is 12.3. The summed E-state index contributed by atoms with van der Waals surface area (Å²) in [5.74, 6) is 0.341. The second kappa shape index (κ2) is 5.80. The van der Waals surface area contributed by atoms with Crippen molar-refractivity contribution in [2.45, 2.75) is 12.5 Å². The minimum Gasteiger partial charge on any atom is -0.340 e. The van der Waals surface area contributed by atoms with Gasteiger partial charge >= 0.3 is 0 Å². The zero-order valence-corrected chi connectivity index (χ0v) is 11.0. The molecule has 2 aliphatic rings. The van der Waals surface area contributed by atoms with E-state index in [1.165, 1.54) is 0 Å². The Hall–Kier alpha value is -0.650. The lowest BCUT2D eigenvalue weighted by molar-refractivity contribution is -0.132. The number of likely N-dealkylation sites (tertiary alicyclic amines) is 1. The van der Waals surface area contributed by atoms with E-state index < -0.39 is 0 Å². The number of piperazine rings is 1. The number of likely N-dealkylation sites (N-methyl/N-ethyl adjacent to an activating group) is 1. The maximum atomic E-state index is 12.3. The third-order valence-corrected chi connectivity index (χ3v) is 3.68. The van der Waals surface area contributed by atoms with E-state index in [1.54, 1.807) is 0 Å². The van der Waals surface area contributed by atoms with Gasteiger partial charge in [-0.2, -0.15) is 0 Å². The van der Waals surface area contributed by atoms with Crippen LogP contribution in [0.25, 0.3) is 0 Å². The number of carbonyl (C=O) groups excluding carboxylic acids is 1. The second-order valence-corrected chi connectivity index (χ2v) is 5.22. The van der Waals surface area contributed by atoms with Gasteiger partial charge in [-0.1, -0.05) is 0 Å². The van der Waals surface area contributed by atoms with Crippen LogP contribution < -0.4 is 5.32 Å². The molecule has 5 nitrogen and oxygen atoms in total. The van der Waals surface area contributed by atoms with Crippen LogP contribution in [-0.4, -0.2) is 86.6 Å². The van der Waals surface area contributed by atoms with E-state index in [1.807, 2.05) is 19.0 Å². The summed E-state index contributed by atoms with van der Waals surface area (Å²) in [5, 5.41) is 3.33. The minimum atomic E-state index is 0.152. The van der Waals surface area contributed by atoms with Gasteiger partial charge in [-0.05, 0) is 20.5 Å². The molecular weight excluding hydrogens is 216 g/mol. The summed E-state index contributed by atoms with van der Waals surface area (Å²) < 4.78 is 0. The summed E-state index contributed by atoms with van der Waals surface area (Å²) in [7, 11) is 4.10. The molecule has 0 aromatic heterocycles. The topological polar surface area (TPSA) is 38.8 Å². The van der Waals surface area contributed by atoms with Gasteiger partial charge in [0.1, 0.15) is 0 Å². The van der Waals surface area contributed by atoms with Crippen molar-refractivity contribution in [3.63, 3.8) is 0 Å². The molecule has 0 aromatic carbocycles. The Balaban J connectivity index is 1.83. The monoisotopic (exact) mass is 240 g/mol. The number of nitrogens with zero attached hydrogens (tertiary/aromatic N) is 3. The van der Waals surface area contributed by atoms with Gasteiger partial charge in [0.05, 0.1) is 6.04 Å². The van der Waals surface area contributed by atoms with E-state index in [9.17, 15) is 4.79 Å². The van der Waals surface area contributed by atoms with Gasteiger partial charge in [-0.15, -0.1) is 0 Å². The van der Waals surface area contributed by atoms with Crippen molar-refractivity contribution in [3.8, 4) is 0 Å². The largest absolute Gasteiger partial charge is 0.340 e. The molecule has 1 unspecified atom stereocenters. The lowest BCUT2D eigenvalue weighted by atomic mass is 10.2. The molecule has 98 valence electrons. The Kier molecular flexibility index (Phi) is 4.36. The predicted molar refractivity (Wildman–Crippen MR) is 68.0 cm³/mol. The fourth-order valence-corrected chi connectivity index (χ4v) is 2.60. The fourth-order valence-electron chi connectivity index (χ4n) is 2.60. The average Bonchev–Trinajstić information content (AvgIpc) is 2.69. The Morgan fingerprint density at radius 3 is 2.65 bits per heavy atom. The Bertz CT molecular complexity index is 263. The lowest BCUT2D eigenvalue weighted by Gasteiger charge is -2.31. The van der Waals surface area contributed by atoms with Crippen molar-refractivity contribution in [2.24, 2.45) is 0 Å². The molecule has 0 spiro atoms. The lowest BCUT2D eigenvalue weighted by Crippen LogP contribution is -2.51. The molecule has 2 fully saturated rings. The molecule has 0 saturated carbocycles. The van der Waals surface area contributed by atoms with Crippen molar-refractivity contribution in [1.82, 2.24) is 20.0 Å². The number of rotatable bonds is 4. The van der Waals surface area contributed by atoms with Gasteiger partial charge in [-0.3, -0.25) is 9.69 Å². The SMILES string of the molecule is CN(C)CCN1CCC(N2CCNCC2)C1=O. The average molecular weight is 240 g/mol. The first-order valence-corrected chi connectivity index (χ1v) is 6.57. The molecule has 2 saturated heterocycles. The standard InChI is InChI=1S/C12H24N4O/c1-14(2)9-10-16-6-3-11(12(16)17)15-7-4-13-5-8-15/h11,13H,3-10H2,1-2H3. The highest BCUT2D eigenvalue weighted by atomic mass is 16.2. The molecule has 1 amide bonds. The fraction of sp³-hybridized carbons (Fsp3) is 0.917. The molecule has 17 heavy (non-hydrogen) atoms. The van der Waals surface area contributed by atoms with E-state index >= 15 is 0 Å². The van der Waals surface area contributed by atoms with Crippen LogP contribution in [0.2, 0.25) is 0 Å². The van der Waals surface area contributed by atoms with E-state index in [4.69, 9.17) is 0 Å². The summed E-state index contributed by atoms with van der Waals surface area (Å²) in [4.78, 5) is 18.8. The molecule has 0 radical (unpaired) electrons. The molecule has 2 heterocycles. The number of carbonyl (C=O) groups is 1. The van der Waals surface area contributed by atoms with Crippen LogP contribution in [0.4, 0.5) is 0 Å². The van der Waals surface area contributed by atoms with E-state index in [2.05, 4.69) is 15.1 Å². The number of amides is 1. The van der Waals surface area contributed by atoms with E-state index in [0.29, 0.717) is 5.91 Å². The molecule has 0 bridgehead atoms. The first-order valence-electron chi connectivity index (χ1n) is 6.57. The summed E-state index contributed by atoms with van der Waals surface area (Å²) in [6.07, 6.45) is 1.01. The molecule has 0 aliphatic carbocycles. The van der Waals surface area contributed by atoms with Crippen LogP contribution in [0, 0.1) is 0 Å². The normalized spacial score (nSPS) is 27.1. The maximum absolute atomic E-state index is 12.3. The van der Waals surface area contributed by atoms with E-state index in [0.717, 1.165) is 52.2 Å². The van der Waals surface area contributed by atoms with Crippen LogP contribution in [0.3, 0.4) is 0 Å². The quantitative estimate of drug-likeness (QED) is 0.688. The van der Waals surface area contributed by atoms with Crippen LogP contribution in [0.1, 0.15) is 6.42 Å². The first kappa shape index (κ1) is 12.8. The molecule has 1 N–H and O–H groups in total. The smallest absolute Gasteiger partial charge is 0.240 e. The zero-order valence-electron chi connectivity index (χ0n) is 11.0. The highest BCUT2D eigenvalue weighted by Crippen LogP contribution is 2.17. The van der Waals surface area contributed by atoms with Gasteiger partial charge in [0, 0.05) is 45.8 Å². The van der Waals surface area contributed by atoms with Crippen molar-refractivity contribution in [2.75, 3.05) is 59.9 Å². The molecule has 1 atom stereocenters. The maximum Gasteiger partial charge on any atom is 0.240 e. The Labute approximate surface area is 104 Å². The number of nitrogens with one attached hydrogen (secondary N) is 1. The van der Waals surface area contributed by atoms with Gasteiger partial charge in [-0.25, -0.2) is 0 Å². The van der Waals surface area contributed by atoms with E-state index in [-0.39, 0.29) is 6.04 Å². The van der Waals surface area contributed by atoms with Crippen molar-refractivity contribution in [3.05, 3.63) is 0 Å². The third-order valence-electron chi connectivity index (χ3n) is 3.68. The molecule has 0 aromatic rings. The van der Waals surface area contributed by atoms with Gasteiger partial charge in [0.2, 0.25) is 5.91 Å². The molecular formula is C12H24N4O. The van der Waals surface area contributed by atoms with Gasteiger partial charge in [0.25, 0.3) is 0 Å². The molecule has 2 aliphatic heterocycles. The van der Waals surface area contributed by atoms with Crippen molar-refractivity contribution >= 4 is 5.91 Å². The van der Waals surface area contributed by atoms with Crippen LogP contribution in [-0.2, 0) is 4.79 Å². The van der Waals surface area contributed by atoms with Crippen molar-refractivity contribution < 1.29 is 4.79 Å². The number of hydrogen-bond acceptors (Lipinski definition) is 4. The summed E-state index contributed by atoms with van der Waals surface area (Å²) in [6.45, 7) is 6.81. The highest BCUT2D eigenvalue weighted by Gasteiger charge is 2.35. The van der Waals surface area contributed by atoms with Gasteiger partial charge in [0.15, 0.2) is 0 Å². The summed E-state index contributed by atoms with van der Waals surface area (Å²) in [5.41, 5.74) is 0. The molecule has 2 rings (SSSR count). The van der Waals surface area contributed by atoms with Crippen molar-refractivity contribution in [1.29, 1.82) is 0 Å². The number of hydrogen-bond donors (Lipinski definition) is 1. The highest BCUT2D eigenvalue weighted by molar-refractivity contribution is 5.84. The third kappa shape index (κ3) is 3.18. The Morgan fingerprint density at radius 1 is 1.29 bits per heavy atom.